The van der Waals surface area contributed by atoms with E-state index in [0.29, 0.717) is 24.5 Å². The normalized spacial score (nSPS) is 12.0. The van der Waals surface area contributed by atoms with Crippen molar-refractivity contribution in [2.75, 3.05) is 20.1 Å². The lowest BCUT2D eigenvalue weighted by Gasteiger charge is -2.17. The van der Waals surface area contributed by atoms with Gasteiger partial charge in [0.2, 0.25) is 0 Å². The Bertz CT molecular complexity index is 462. The van der Waals surface area contributed by atoms with Gasteiger partial charge in [0.05, 0.1) is 0 Å². The molecule has 0 aliphatic carbocycles. The Balaban J connectivity index is 2.53. The van der Waals surface area contributed by atoms with E-state index in [1.807, 2.05) is 0 Å². The van der Waals surface area contributed by atoms with Gasteiger partial charge >= 0.3 is 0 Å². The van der Waals surface area contributed by atoms with Gasteiger partial charge < -0.3 is 5.73 Å². The van der Waals surface area contributed by atoms with Gasteiger partial charge in [-0.15, -0.1) is 0 Å². The van der Waals surface area contributed by atoms with E-state index in [4.69, 9.17) is 17.3 Å². The van der Waals surface area contributed by atoms with Crippen molar-refractivity contribution < 1.29 is 8.42 Å². The highest BCUT2D eigenvalue weighted by Gasteiger charge is 2.15. The van der Waals surface area contributed by atoms with Gasteiger partial charge in [-0.25, -0.2) is 0 Å². The maximum atomic E-state index is 11.8. The summed E-state index contributed by atoms with van der Waals surface area (Å²) in [6, 6.07) is 7.02. The predicted molar refractivity (Wildman–Crippen MR) is 73.5 cm³/mol. The van der Waals surface area contributed by atoms with E-state index in [0.717, 1.165) is 5.56 Å². The molecule has 1 aromatic rings. The van der Waals surface area contributed by atoms with Gasteiger partial charge in [-0.3, -0.25) is 0 Å². The van der Waals surface area contributed by atoms with Crippen LogP contribution < -0.4 is 10.5 Å². The second-order valence-electron chi connectivity index (χ2n) is 3.92. The largest absolute Gasteiger partial charge is 0.330 e. The third kappa shape index (κ3) is 4.91. The molecule has 0 unspecified atom stereocenters. The van der Waals surface area contributed by atoms with Crippen LogP contribution in [-0.2, 0) is 16.8 Å². The Morgan fingerprint density at radius 2 is 1.94 bits per heavy atom. The average Bonchev–Trinajstić information content (AvgIpc) is 2.35. The second-order valence-corrected chi connectivity index (χ2v) is 6.21. The molecule has 0 fully saturated rings. The SMILES string of the molecule is CN(CCCN)S(=O)(=O)NCc1ccc(Cl)cc1. The highest BCUT2D eigenvalue weighted by Crippen LogP contribution is 2.09. The first-order valence-corrected chi connectivity index (χ1v) is 7.43. The molecular weight excluding hydrogens is 274 g/mol. The average molecular weight is 292 g/mol. The molecule has 0 aromatic heterocycles. The van der Waals surface area contributed by atoms with Crippen molar-refractivity contribution in [1.82, 2.24) is 9.03 Å². The van der Waals surface area contributed by atoms with Crippen LogP contribution in [0.3, 0.4) is 0 Å². The monoisotopic (exact) mass is 291 g/mol. The number of nitrogens with one attached hydrogen (secondary N) is 1. The zero-order valence-electron chi connectivity index (χ0n) is 10.3. The Morgan fingerprint density at radius 1 is 1.33 bits per heavy atom. The smallest absolute Gasteiger partial charge is 0.279 e. The number of benzene rings is 1. The number of nitrogens with two attached hydrogens (primary N) is 1. The molecule has 0 aliphatic heterocycles. The number of halogens is 1. The first-order chi connectivity index (χ1) is 8.45. The maximum Gasteiger partial charge on any atom is 0.279 e. The number of hydrogen-bond acceptors (Lipinski definition) is 3. The minimum absolute atomic E-state index is 0.243. The van der Waals surface area contributed by atoms with Crippen molar-refractivity contribution in [3.63, 3.8) is 0 Å². The first kappa shape index (κ1) is 15.4. The number of rotatable bonds is 7. The zero-order chi connectivity index (χ0) is 13.6. The van der Waals surface area contributed by atoms with Crippen molar-refractivity contribution in [3.05, 3.63) is 34.9 Å². The maximum absolute atomic E-state index is 11.8. The third-order valence-electron chi connectivity index (χ3n) is 2.46. The Kier molecular flexibility index (Phi) is 6.04. The van der Waals surface area contributed by atoms with E-state index in [2.05, 4.69) is 4.72 Å². The minimum Gasteiger partial charge on any atom is -0.330 e. The molecule has 0 saturated heterocycles. The van der Waals surface area contributed by atoms with E-state index in [-0.39, 0.29) is 6.54 Å². The van der Waals surface area contributed by atoms with E-state index < -0.39 is 10.2 Å². The molecule has 0 aliphatic rings. The summed E-state index contributed by atoms with van der Waals surface area (Å²) in [6.45, 7) is 1.12. The Morgan fingerprint density at radius 3 is 2.50 bits per heavy atom. The van der Waals surface area contributed by atoms with Gasteiger partial charge in [0.1, 0.15) is 0 Å². The summed E-state index contributed by atoms with van der Waals surface area (Å²) in [5.41, 5.74) is 6.20. The second kappa shape index (κ2) is 7.06. The van der Waals surface area contributed by atoms with Gasteiger partial charge in [0, 0.05) is 25.2 Å². The van der Waals surface area contributed by atoms with Crippen LogP contribution in [-0.4, -0.2) is 32.9 Å². The fraction of sp³-hybridized carbons (Fsp3) is 0.455. The molecule has 1 rings (SSSR count). The van der Waals surface area contributed by atoms with E-state index >= 15 is 0 Å². The van der Waals surface area contributed by atoms with Crippen molar-refractivity contribution in [3.8, 4) is 0 Å². The molecule has 0 atom stereocenters. The summed E-state index contributed by atoms with van der Waals surface area (Å²) in [5, 5.41) is 0.627. The first-order valence-electron chi connectivity index (χ1n) is 5.61. The van der Waals surface area contributed by atoms with Crippen molar-refractivity contribution in [1.29, 1.82) is 0 Å². The van der Waals surface area contributed by atoms with Gasteiger partial charge in [0.25, 0.3) is 10.2 Å². The lowest BCUT2D eigenvalue weighted by atomic mass is 10.2. The number of nitrogens with zero attached hydrogens (tertiary/aromatic N) is 1. The molecule has 5 nitrogen and oxygen atoms in total. The van der Waals surface area contributed by atoms with Crippen LogP contribution in [0.4, 0.5) is 0 Å². The van der Waals surface area contributed by atoms with Gasteiger partial charge in [-0.2, -0.15) is 17.4 Å². The van der Waals surface area contributed by atoms with Gasteiger partial charge in [0.15, 0.2) is 0 Å². The van der Waals surface area contributed by atoms with E-state index in [9.17, 15) is 8.42 Å². The van der Waals surface area contributed by atoms with Gasteiger partial charge in [-0.1, -0.05) is 23.7 Å². The van der Waals surface area contributed by atoms with Crippen LogP contribution in [0.15, 0.2) is 24.3 Å². The summed E-state index contributed by atoms with van der Waals surface area (Å²) in [6.07, 6.45) is 0.637. The number of hydrogen-bond donors (Lipinski definition) is 2. The molecule has 1 aromatic carbocycles. The van der Waals surface area contributed by atoms with Crippen molar-refractivity contribution in [2.24, 2.45) is 5.73 Å². The molecule has 0 bridgehead atoms. The third-order valence-corrected chi connectivity index (χ3v) is 4.22. The van der Waals surface area contributed by atoms with E-state index in [1.54, 1.807) is 24.3 Å². The summed E-state index contributed by atoms with van der Waals surface area (Å²) >= 11 is 5.75. The fourth-order valence-electron chi connectivity index (χ4n) is 1.32. The van der Waals surface area contributed by atoms with Crippen molar-refractivity contribution in [2.45, 2.75) is 13.0 Å². The zero-order valence-corrected chi connectivity index (χ0v) is 11.8. The summed E-state index contributed by atoms with van der Waals surface area (Å²) in [4.78, 5) is 0. The highest BCUT2D eigenvalue weighted by molar-refractivity contribution is 7.87. The van der Waals surface area contributed by atoms with Crippen LogP contribution in [0.1, 0.15) is 12.0 Å². The van der Waals surface area contributed by atoms with Crippen LogP contribution in [0.5, 0.6) is 0 Å². The highest BCUT2D eigenvalue weighted by atomic mass is 35.5. The topological polar surface area (TPSA) is 75.4 Å². The summed E-state index contributed by atoms with van der Waals surface area (Å²) in [7, 11) is -1.92. The quantitative estimate of drug-likeness (QED) is 0.785. The lowest BCUT2D eigenvalue weighted by molar-refractivity contribution is 0.452. The van der Waals surface area contributed by atoms with E-state index in [1.165, 1.54) is 11.4 Å². The van der Waals surface area contributed by atoms with Crippen LogP contribution in [0, 0.1) is 0 Å². The Labute approximate surface area is 113 Å². The van der Waals surface area contributed by atoms with Crippen LogP contribution >= 0.6 is 11.6 Å². The lowest BCUT2D eigenvalue weighted by Crippen LogP contribution is -2.38. The standard InChI is InChI=1S/C11H18ClN3O2S/c1-15(8-2-7-13)18(16,17)14-9-10-3-5-11(12)6-4-10/h3-6,14H,2,7-9,13H2,1H3. The molecule has 7 heteroatoms. The Hall–Kier alpha value is -0.660. The molecular formula is C11H18ClN3O2S. The molecule has 0 heterocycles. The molecule has 0 radical (unpaired) electrons. The summed E-state index contributed by atoms with van der Waals surface area (Å²) < 4.78 is 27.4. The van der Waals surface area contributed by atoms with Crippen LogP contribution in [0.2, 0.25) is 5.02 Å². The predicted octanol–water partition coefficient (Wildman–Crippen LogP) is 0.955. The molecule has 18 heavy (non-hydrogen) atoms. The van der Waals surface area contributed by atoms with Crippen molar-refractivity contribution >= 4 is 21.8 Å². The van der Waals surface area contributed by atoms with Gasteiger partial charge in [-0.05, 0) is 30.7 Å². The van der Waals surface area contributed by atoms with Crippen LogP contribution in [0.25, 0.3) is 0 Å². The molecule has 0 spiro atoms. The fourth-order valence-corrected chi connectivity index (χ4v) is 2.39. The molecule has 0 amide bonds. The molecule has 102 valence electrons. The molecule has 0 saturated carbocycles. The minimum atomic E-state index is -3.45. The molecule has 3 N–H and O–H groups in total. The summed E-state index contributed by atoms with van der Waals surface area (Å²) in [5.74, 6) is 0.